The zero-order chi connectivity index (χ0) is 18.8. The maximum Gasteiger partial charge on any atom is 0.272 e. The molecule has 0 aromatic carbocycles. The van der Waals surface area contributed by atoms with Crippen LogP contribution < -0.4 is 0 Å². The van der Waals surface area contributed by atoms with Crippen LogP contribution in [0.1, 0.15) is 40.8 Å². The zero-order valence-electron chi connectivity index (χ0n) is 15.5. The lowest BCUT2D eigenvalue weighted by atomic mass is 9.92. The number of carbonyl (C=O) groups excluding carboxylic acids is 1. The summed E-state index contributed by atoms with van der Waals surface area (Å²) in [5.41, 5.74) is 3.21. The van der Waals surface area contributed by atoms with E-state index in [9.17, 15) is 4.79 Å². The number of pyridine rings is 1. The molecular formula is C20H22N6O. The van der Waals surface area contributed by atoms with Crippen molar-refractivity contribution in [3.8, 4) is 11.4 Å². The lowest BCUT2D eigenvalue weighted by Gasteiger charge is -2.32. The van der Waals surface area contributed by atoms with E-state index in [0.29, 0.717) is 12.2 Å². The van der Waals surface area contributed by atoms with Gasteiger partial charge in [-0.3, -0.25) is 19.7 Å². The third-order valence-electron chi connectivity index (χ3n) is 5.17. The third-order valence-corrected chi connectivity index (χ3v) is 5.17. The summed E-state index contributed by atoms with van der Waals surface area (Å²) in [6.07, 6.45) is 8.84. The third kappa shape index (κ3) is 3.32. The molecule has 1 fully saturated rings. The highest BCUT2D eigenvalue weighted by Gasteiger charge is 2.29. The molecule has 0 spiro atoms. The van der Waals surface area contributed by atoms with E-state index in [2.05, 4.69) is 19.9 Å². The molecule has 3 aromatic rings. The largest absolute Gasteiger partial charge is 0.337 e. The van der Waals surface area contributed by atoms with Crippen molar-refractivity contribution >= 4 is 5.91 Å². The number of rotatable bonds is 3. The number of nitrogens with zero attached hydrogens (tertiary/aromatic N) is 6. The van der Waals surface area contributed by atoms with Crippen molar-refractivity contribution in [2.45, 2.75) is 25.7 Å². The first kappa shape index (κ1) is 17.3. The Morgan fingerprint density at radius 3 is 2.70 bits per heavy atom. The lowest BCUT2D eigenvalue weighted by Crippen LogP contribution is -2.39. The highest BCUT2D eigenvalue weighted by atomic mass is 16.2. The predicted molar refractivity (Wildman–Crippen MR) is 101 cm³/mol. The second-order valence-corrected chi connectivity index (χ2v) is 6.85. The van der Waals surface area contributed by atoms with Gasteiger partial charge in [-0.25, -0.2) is 4.98 Å². The molecule has 0 N–H and O–H groups in total. The Morgan fingerprint density at radius 1 is 1.11 bits per heavy atom. The molecule has 1 amide bonds. The van der Waals surface area contributed by atoms with Crippen LogP contribution in [0, 0.1) is 6.92 Å². The summed E-state index contributed by atoms with van der Waals surface area (Å²) >= 11 is 0. The first-order valence-corrected chi connectivity index (χ1v) is 9.15. The Balaban J connectivity index is 1.63. The maximum atomic E-state index is 12.8. The molecule has 3 aromatic heterocycles. The van der Waals surface area contributed by atoms with Gasteiger partial charge in [-0.05, 0) is 31.9 Å². The highest BCUT2D eigenvalue weighted by Crippen LogP contribution is 2.32. The highest BCUT2D eigenvalue weighted by molar-refractivity contribution is 5.92. The van der Waals surface area contributed by atoms with E-state index in [1.54, 1.807) is 24.7 Å². The van der Waals surface area contributed by atoms with E-state index in [0.717, 1.165) is 42.3 Å². The molecule has 138 valence electrons. The molecule has 1 aliphatic rings. The summed E-state index contributed by atoms with van der Waals surface area (Å²) < 4.78 is 2.02. The monoisotopic (exact) mass is 362 g/mol. The molecule has 0 radical (unpaired) electrons. The Labute approximate surface area is 158 Å². The van der Waals surface area contributed by atoms with Gasteiger partial charge in [0.1, 0.15) is 17.2 Å². The van der Waals surface area contributed by atoms with E-state index in [-0.39, 0.29) is 11.8 Å². The smallest absolute Gasteiger partial charge is 0.272 e. The molecule has 0 saturated carbocycles. The van der Waals surface area contributed by atoms with Crippen molar-refractivity contribution < 1.29 is 4.79 Å². The minimum Gasteiger partial charge on any atom is -0.337 e. The fourth-order valence-corrected chi connectivity index (χ4v) is 3.60. The first-order chi connectivity index (χ1) is 13.1. The quantitative estimate of drug-likeness (QED) is 0.716. The summed E-state index contributed by atoms with van der Waals surface area (Å²) in [5.74, 6) is 1.05. The molecule has 4 heterocycles. The van der Waals surface area contributed by atoms with Crippen LogP contribution in [0.2, 0.25) is 0 Å². The molecule has 7 nitrogen and oxygen atoms in total. The van der Waals surface area contributed by atoms with Gasteiger partial charge in [-0.15, -0.1) is 0 Å². The van der Waals surface area contributed by atoms with E-state index in [4.69, 9.17) is 0 Å². The van der Waals surface area contributed by atoms with E-state index in [1.807, 2.05) is 41.8 Å². The lowest BCUT2D eigenvalue weighted by molar-refractivity contribution is 0.0700. The SMILES string of the molecule is Cc1ncc(-c2nccnc2[C@H]2CCCN(C(=O)c3ccccn3)C2)n1C. The molecule has 7 heteroatoms. The van der Waals surface area contributed by atoms with Gasteiger partial charge in [-0.1, -0.05) is 6.07 Å². The van der Waals surface area contributed by atoms with Crippen LogP contribution in [0.25, 0.3) is 11.4 Å². The minimum absolute atomic E-state index is 0.0258. The van der Waals surface area contributed by atoms with Crippen LogP contribution in [0.15, 0.2) is 43.0 Å². The molecule has 0 unspecified atom stereocenters. The van der Waals surface area contributed by atoms with Gasteiger partial charge in [0.15, 0.2) is 0 Å². The van der Waals surface area contributed by atoms with Crippen molar-refractivity contribution in [2.75, 3.05) is 13.1 Å². The van der Waals surface area contributed by atoms with Gasteiger partial charge < -0.3 is 9.47 Å². The van der Waals surface area contributed by atoms with Crippen LogP contribution in [-0.2, 0) is 7.05 Å². The van der Waals surface area contributed by atoms with Crippen molar-refractivity contribution in [1.82, 2.24) is 29.4 Å². The maximum absolute atomic E-state index is 12.8. The Morgan fingerprint density at radius 2 is 1.96 bits per heavy atom. The van der Waals surface area contributed by atoms with E-state index in [1.165, 1.54) is 0 Å². The molecular weight excluding hydrogens is 340 g/mol. The first-order valence-electron chi connectivity index (χ1n) is 9.15. The number of aromatic nitrogens is 5. The van der Waals surface area contributed by atoms with Crippen molar-refractivity contribution in [1.29, 1.82) is 0 Å². The summed E-state index contributed by atoms with van der Waals surface area (Å²) in [6, 6.07) is 5.42. The van der Waals surface area contributed by atoms with Crippen LogP contribution in [0.5, 0.6) is 0 Å². The van der Waals surface area contributed by atoms with Crippen molar-refractivity contribution in [3.63, 3.8) is 0 Å². The molecule has 1 atom stereocenters. The summed E-state index contributed by atoms with van der Waals surface area (Å²) in [6.45, 7) is 3.33. The molecule has 4 rings (SSSR count). The van der Waals surface area contributed by atoms with Crippen LogP contribution in [0.3, 0.4) is 0 Å². The standard InChI is InChI=1S/C20H22N6O/c1-14-24-12-17(25(14)2)19-18(22-9-10-23-19)15-6-5-11-26(13-15)20(27)16-7-3-4-8-21-16/h3-4,7-10,12,15H,5-6,11,13H2,1-2H3/t15-/m0/s1. The predicted octanol–water partition coefficient (Wildman–Crippen LogP) is 2.60. The number of hydrogen-bond donors (Lipinski definition) is 0. The molecule has 0 bridgehead atoms. The van der Waals surface area contributed by atoms with Gasteiger partial charge in [0.25, 0.3) is 5.91 Å². The van der Waals surface area contributed by atoms with Gasteiger partial charge in [0, 0.05) is 44.6 Å². The van der Waals surface area contributed by atoms with Gasteiger partial charge in [0.2, 0.25) is 0 Å². The zero-order valence-corrected chi connectivity index (χ0v) is 15.5. The number of hydrogen-bond acceptors (Lipinski definition) is 5. The van der Waals surface area contributed by atoms with Gasteiger partial charge in [-0.2, -0.15) is 0 Å². The minimum atomic E-state index is -0.0258. The van der Waals surface area contributed by atoms with E-state index < -0.39 is 0 Å². The normalized spacial score (nSPS) is 17.1. The van der Waals surface area contributed by atoms with Gasteiger partial charge in [0.05, 0.1) is 17.6 Å². The van der Waals surface area contributed by atoms with Crippen LogP contribution >= 0.6 is 0 Å². The summed E-state index contributed by atoms with van der Waals surface area (Å²) in [4.78, 5) is 32.5. The number of likely N-dealkylation sites (tertiary alicyclic amines) is 1. The molecule has 27 heavy (non-hydrogen) atoms. The number of piperidine rings is 1. The Hall–Kier alpha value is -3.09. The molecule has 1 saturated heterocycles. The topological polar surface area (TPSA) is 76.8 Å². The Bertz CT molecular complexity index is 952. The fraction of sp³-hybridized carbons (Fsp3) is 0.350. The summed E-state index contributed by atoms with van der Waals surface area (Å²) in [7, 11) is 1.98. The number of imidazole rings is 1. The van der Waals surface area contributed by atoms with E-state index >= 15 is 0 Å². The average Bonchev–Trinajstić information content (AvgIpc) is 3.06. The van der Waals surface area contributed by atoms with Gasteiger partial charge >= 0.3 is 0 Å². The number of aryl methyl sites for hydroxylation is 1. The van der Waals surface area contributed by atoms with Crippen molar-refractivity contribution in [3.05, 3.63) is 60.2 Å². The van der Waals surface area contributed by atoms with Crippen molar-refractivity contribution in [2.24, 2.45) is 7.05 Å². The van der Waals surface area contributed by atoms with Crippen LogP contribution in [0.4, 0.5) is 0 Å². The average molecular weight is 362 g/mol. The molecule has 0 aliphatic carbocycles. The Kier molecular flexibility index (Phi) is 4.66. The van der Waals surface area contributed by atoms with Crippen LogP contribution in [-0.4, -0.2) is 48.4 Å². The number of amides is 1. The second-order valence-electron chi connectivity index (χ2n) is 6.85. The fourth-order valence-electron chi connectivity index (χ4n) is 3.60. The second kappa shape index (κ2) is 7.26. The molecule has 1 aliphatic heterocycles. The number of carbonyl (C=O) groups is 1. The summed E-state index contributed by atoms with van der Waals surface area (Å²) in [5, 5.41) is 0.